The van der Waals surface area contributed by atoms with Gasteiger partial charge in [-0.15, -0.1) is 0 Å². The molecule has 4 nitrogen and oxygen atoms in total. The predicted molar refractivity (Wildman–Crippen MR) is 92.7 cm³/mol. The molecular formula is C18H29N3O. The monoisotopic (exact) mass is 303 g/mol. The third-order valence-electron chi connectivity index (χ3n) is 4.57. The van der Waals surface area contributed by atoms with Crippen LogP contribution in [0.25, 0.3) is 0 Å². The van der Waals surface area contributed by atoms with Gasteiger partial charge in [-0.3, -0.25) is 4.79 Å². The molecule has 0 radical (unpaired) electrons. The predicted octanol–water partition coefficient (Wildman–Crippen LogP) is 2.95. The molecule has 2 rings (SSSR count). The lowest BCUT2D eigenvalue weighted by molar-refractivity contribution is 0.0901. The standard InChI is InChI=1S/C18H29N3O/c1-12(2)21-8-6-15(7-9-21)20-18(22)16-11-13(3)10-14(4)17(16)19-5/h10-12,15,19H,6-9H2,1-5H3,(H,20,22). The van der Waals surface area contributed by atoms with Gasteiger partial charge in [-0.2, -0.15) is 0 Å². The van der Waals surface area contributed by atoms with E-state index in [-0.39, 0.29) is 11.9 Å². The van der Waals surface area contributed by atoms with Gasteiger partial charge in [0.25, 0.3) is 5.91 Å². The smallest absolute Gasteiger partial charge is 0.253 e. The highest BCUT2D eigenvalue weighted by molar-refractivity contribution is 6.00. The summed E-state index contributed by atoms with van der Waals surface area (Å²) in [4.78, 5) is 15.1. The maximum Gasteiger partial charge on any atom is 0.253 e. The van der Waals surface area contributed by atoms with Crippen LogP contribution in [0.2, 0.25) is 0 Å². The molecule has 0 aromatic heterocycles. The number of aryl methyl sites for hydroxylation is 2. The number of anilines is 1. The third kappa shape index (κ3) is 3.80. The van der Waals surface area contributed by atoms with Crippen molar-refractivity contribution >= 4 is 11.6 Å². The first-order valence-electron chi connectivity index (χ1n) is 8.26. The molecule has 0 spiro atoms. The summed E-state index contributed by atoms with van der Waals surface area (Å²) in [5, 5.41) is 6.38. The van der Waals surface area contributed by atoms with E-state index in [1.165, 1.54) is 0 Å². The van der Waals surface area contributed by atoms with Gasteiger partial charge < -0.3 is 15.5 Å². The molecule has 1 aliphatic rings. The average Bonchev–Trinajstić information content (AvgIpc) is 2.47. The van der Waals surface area contributed by atoms with E-state index in [1.54, 1.807) is 0 Å². The second-order valence-corrected chi connectivity index (χ2v) is 6.63. The number of piperidine rings is 1. The molecule has 122 valence electrons. The summed E-state index contributed by atoms with van der Waals surface area (Å²) >= 11 is 0. The summed E-state index contributed by atoms with van der Waals surface area (Å²) in [7, 11) is 1.87. The van der Waals surface area contributed by atoms with Crippen LogP contribution in [0, 0.1) is 13.8 Å². The fraction of sp³-hybridized carbons (Fsp3) is 0.611. The lowest BCUT2D eigenvalue weighted by Crippen LogP contribution is -2.46. The molecule has 0 bridgehead atoms. The van der Waals surface area contributed by atoms with Crippen molar-refractivity contribution in [3.63, 3.8) is 0 Å². The summed E-state index contributed by atoms with van der Waals surface area (Å²) in [5.41, 5.74) is 3.92. The highest BCUT2D eigenvalue weighted by Crippen LogP contribution is 2.23. The highest BCUT2D eigenvalue weighted by atomic mass is 16.1. The molecule has 0 saturated carbocycles. The molecule has 1 aliphatic heterocycles. The van der Waals surface area contributed by atoms with E-state index in [0.29, 0.717) is 6.04 Å². The van der Waals surface area contributed by atoms with Gasteiger partial charge in [0.15, 0.2) is 0 Å². The van der Waals surface area contributed by atoms with Crippen molar-refractivity contribution in [2.75, 3.05) is 25.5 Å². The third-order valence-corrected chi connectivity index (χ3v) is 4.57. The van der Waals surface area contributed by atoms with Crippen LogP contribution < -0.4 is 10.6 Å². The van der Waals surface area contributed by atoms with Crippen LogP contribution in [0.5, 0.6) is 0 Å². The number of nitrogens with zero attached hydrogens (tertiary/aromatic N) is 1. The zero-order valence-corrected chi connectivity index (χ0v) is 14.5. The Balaban J connectivity index is 2.04. The molecule has 1 amide bonds. The van der Waals surface area contributed by atoms with Crippen molar-refractivity contribution in [2.24, 2.45) is 0 Å². The molecular weight excluding hydrogens is 274 g/mol. The Labute approximate surface area is 134 Å². The van der Waals surface area contributed by atoms with Crippen LogP contribution in [0.15, 0.2) is 12.1 Å². The fourth-order valence-electron chi connectivity index (χ4n) is 3.30. The molecule has 1 aromatic carbocycles. The van der Waals surface area contributed by atoms with Gasteiger partial charge in [0.2, 0.25) is 0 Å². The van der Waals surface area contributed by atoms with Gasteiger partial charge >= 0.3 is 0 Å². The summed E-state index contributed by atoms with van der Waals surface area (Å²) in [6.07, 6.45) is 2.06. The van der Waals surface area contributed by atoms with Gasteiger partial charge in [-0.25, -0.2) is 0 Å². The Morgan fingerprint density at radius 3 is 2.41 bits per heavy atom. The Morgan fingerprint density at radius 1 is 1.23 bits per heavy atom. The number of carbonyl (C=O) groups is 1. The topological polar surface area (TPSA) is 44.4 Å². The second kappa shape index (κ2) is 7.14. The van der Waals surface area contributed by atoms with Crippen LogP contribution in [-0.2, 0) is 0 Å². The SMILES string of the molecule is CNc1c(C)cc(C)cc1C(=O)NC1CCN(C(C)C)CC1. The number of rotatable bonds is 4. The van der Waals surface area contributed by atoms with Crippen LogP contribution in [0.4, 0.5) is 5.69 Å². The first-order valence-corrected chi connectivity index (χ1v) is 8.26. The Bertz CT molecular complexity index is 531. The molecule has 0 unspecified atom stereocenters. The minimum Gasteiger partial charge on any atom is -0.387 e. The molecule has 1 fully saturated rings. The highest BCUT2D eigenvalue weighted by Gasteiger charge is 2.23. The van der Waals surface area contributed by atoms with Crippen molar-refractivity contribution in [3.05, 3.63) is 28.8 Å². The lowest BCUT2D eigenvalue weighted by atomic mass is 10.0. The lowest BCUT2D eigenvalue weighted by Gasteiger charge is -2.35. The number of hydrogen-bond acceptors (Lipinski definition) is 3. The molecule has 1 heterocycles. The number of nitrogens with one attached hydrogen (secondary N) is 2. The van der Waals surface area contributed by atoms with E-state index in [0.717, 1.165) is 48.3 Å². The van der Waals surface area contributed by atoms with Crippen LogP contribution in [-0.4, -0.2) is 43.0 Å². The summed E-state index contributed by atoms with van der Waals surface area (Å²) in [6, 6.07) is 4.95. The van der Waals surface area contributed by atoms with Crippen molar-refractivity contribution in [1.82, 2.24) is 10.2 Å². The van der Waals surface area contributed by atoms with Gasteiger partial charge in [0.05, 0.1) is 5.56 Å². The van der Waals surface area contributed by atoms with Crippen molar-refractivity contribution in [2.45, 2.75) is 52.6 Å². The van der Waals surface area contributed by atoms with Crippen molar-refractivity contribution in [1.29, 1.82) is 0 Å². The van der Waals surface area contributed by atoms with E-state index >= 15 is 0 Å². The molecule has 0 aliphatic carbocycles. The van der Waals surface area contributed by atoms with E-state index < -0.39 is 0 Å². The summed E-state index contributed by atoms with van der Waals surface area (Å²) < 4.78 is 0. The molecule has 1 aromatic rings. The zero-order valence-electron chi connectivity index (χ0n) is 14.5. The van der Waals surface area contributed by atoms with Crippen LogP contribution in [0.3, 0.4) is 0 Å². The second-order valence-electron chi connectivity index (χ2n) is 6.63. The molecule has 22 heavy (non-hydrogen) atoms. The summed E-state index contributed by atoms with van der Waals surface area (Å²) in [6.45, 7) is 10.7. The average molecular weight is 303 g/mol. The van der Waals surface area contributed by atoms with E-state index in [4.69, 9.17) is 0 Å². The minimum absolute atomic E-state index is 0.0409. The molecule has 4 heteroatoms. The largest absolute Gasteiger partial charge is 0.387 e. The first kappa shape index (κ1) is 16.8. The van der Waals surface area contributed by atoms with E-state index in [2.05, 4.69) is 35.4 Å². The van der Waals surface area contributed by atoms with Crippen LogP contribution >= 0.6 is 0 Å². The molecule has 1 saturated heterocycles. The zero-order chi connectivity index (χ0) is 16.3. The number of amides is 1. The Hall–Kier alpha value is -1.55. The maximum absolute atomic E-state index is 12.6. The molecule has 0 atom stereocenters. The van der Waals surface area contributed by atoms with Gasteiger partial charge in [-0.1, -0.05) is 6.07 Å². The number of benzene rings is 1. The van der Waals surface area contributed by atoms with Gasteiger partial charge in [0.1, 0.15) is 0 Å². The maximum atomic E-state index is 12.6. The van der Waals surface area contributed by atoms with Gasteiger partial charge in [0, 0.05) is 37.9 Å². The van der Waals surface area contributed by atoms with E-state index in [1.807, 2.05) is 27.0 Å². The number of likely N-dealkylation sites (tertiary alicyclic amines) is 1. The fourth-order valence-corrected chi connectivity index (χ4v) is 3.30. The first-order chi connectivity index (χ1) is 10.4. The Kier molecular flexibility index (Phi) is 5.46. The number of hydrogen-bond donors (Lipinski definition) is 2. The normalized spacial score (nSPS) is 16.8. The molecule has 2 N–H and O–H groups in total. The van der Waals surface area contributed by atoms with Gasteiger partial charge in [-0.05, 0) is 57.7 Å². The van der Waals surface area contributed by atoms with Crippen molar-refractivity contribution < 1.29 is 4.79 Å². The van der Waals surface area contributed by atoms with Crippen LogP contribution in [0.1, 0.15) is 48.2 Å². The minimum atomic E-state index is 0.0409. The number of carbonyl (C=O) groups excluding carboxylic acids is 1. The van der Waals surface area contributed by atoms with Crippen molar-refractivity contribution in [3.8, 4) is 0 Å². The Morgan fingerprint density at radius 2 is 1.86 bits per heavy atom. The quantitative estimate of drug-likeness (QED) is 0.899. The summed E-state index contributed by atoms with van der Waals surface area (Å²) in [5.74, 6) is 0.0409. The van der Waals surface area contributed by atoms with E-state index in [9.17, 15) is 4.79 Å².